The third-order valence-corrected chi connectivity index (χ3v) is 2.96. The van der Waals surface area contributed by atoms with Crippen LogP contribution in [0.15, 0.2) is 35.3 Å². The van der Waals surface area contributed by atoms with Crippen LogP contribution in [0.5, 0.6) is 0 Å². The van der Waals surface area contributed by atoms with Crippen molar-refractivity contribution in [3.8, 4) is 0 Å². The van der Waals surface area contributed by atoms with E-state index in [1.54, 1.807) is 0 Å². The van der Waals surface area contributed by atoms with Gasteiger partial charge in [0.15, 0.2) is 5.43 Å². The molecule has 16 heavy (non-hydrogen) atoms. The maximum atomic E-state index is 12.0. The van der Waals surface area contributed by atoms with Gasteiger partial charge in [-0.2, -0.15) is 0 Å². The minimum atomic E-state index is 0.0537. The topological polar surface area (TPSA) is 22.0 Å². The number of aryl methyl sites for hydroxylation is 1. The van der Waals surface area contributed by atoms with Crippen molar-refractivity contribution in [2.75, 3.05) is 0 Å². The lowest BCUT2D eigenvalue weighted by atomic mass is 10.1. The summed E-state index contributed by atoms with van der Waals surface area (Å²) in [4.78, 5) is 12.0. The van der Waals surface area contributed by atoms with E-state index in [4.69, 9.17) is 11.6 Å². The van der Waals surface area contributed by atoms with Crippen LogP contribution < -0.4 is 5.43 Å². The van der Waals surface area contributed by atoms with Gasteiger partial charge in [-0.3, -0.25) is 4.79 Å². The molecule has 84 valence electrons. The molecule has 0 bridgehead atoms. The van der Waals surface area contributed by atoms with Crippen LogP contribution in [0, 0.1) is 0 Å². The van der Waals surface area contributed by atoms with Crippen LogP contribution in [0.25, 0.3) is 10.9 Å². The summed E-state index contributed by atoms with van der Waals surface area (Å²) in [6.45, 7) is 3.03. The summed E-state index contributed by atoms with van der Waals surface area (Å²) in [5.41, 5.74) is 1.72. The van der Waals surface area contributed by atoms with Gasteiger partial charge in [-0.15, -0.1) is 11.6 Å². The average Bonchev–Trinajstić information content (AvgIpc) is 2.33. The Balaban J connectivity index is 2.79. The number of alkyl halides is 1. The number of para-hydroxylation sites is 1. The molecule has 0 spiro atoms. The Morgan fingerprint density at radius 3 is 2.75 bits per heavy atom. The molecule has 0 atom stereocenters. The summed E-state index contributed by atoms with van der Waals surface area (Å²) in [6.07, 6.45) is 2.91. The molecule has 0 aliphatic carbocycles. The Kier molecular flexibility index (Phi) is 3.30. The predicted octanol–water partition coefficient (Wildman–Crippen LogP) is 3.15. The Hall–Kier alpha value is -1.28. The molecule has 1 aromatic carbocycles. The number of pyridine rings is 1. The van der Waals surface area contributed by atoms with Crippen molar-refractivity contribution >= 4 is 22.5 Å². The van der Waals surface area contributed by atoms with Crippen molar-refractivity contribution < 1.29 is 0 Å². The van der Waals surface area contributed by atoms with Gasteiger partial charge >= 0.3 is 0 Å². The zero-order valence-electron chi connectivity index (χ0n) is 9.24. The molecule has 1 aromatic heterocycles. The van der Waals surface area contributed by atoms with Gasteiger partial charge in [0.25, 0.3) is 0 Å². The second kappa shape index (κ2) is 4.71. The molecule has 0 unspecified atom stereocenters. The Morgan fingerprint density at radius 1 is 1.31 bits per heavy atom. The molecule has 0 aliphatic heterocycles. The fourth-order valence-corrected chi connectivity index (χ4v) is 2.12. The first-order valence-corrected chi connectivity index (χ1v) is 5.98. The molecule has 1 heterocycles. The lowest BCUT2D eigenvalue weighted by Crippen LogP contribution is -2.13. The number of halogens is 1. The second-order valence-electron chi connectivity index (χ2n) is 3.83. The molecule has 0 saturated heterocycles. The normalized spacial score (nSPS) is 10.9. The van der Waals surface area contributed by atoms with Crippen molar-refractivity contribution in [3.05, 3.63) is 46.2 Å². The van der Waals surface area contributed by atoms with Gasteiger partial charge in [-0.1, -0.05) is 19.1 Å². The number of benzene rings is 1. The van der Waals surface area contributed by atoms with Crippen LogP contribution in [0.3, 0.4) is 0 Å². The largest absolute Gasteiger partial charge is 0.347 e. The van der Waals surface area contributed by atoms with Gasteiger partial charge in [0.05, 0.1) is 11.4 Å². The van der Waals surface area contributed by atoms with Gasteiger partial charge in [0, 0.05) is 23.7 Å². The van der Waals surface area contributed by atoms with Crippen molar-refractivity contribution in [1.82, 2.24) is 4.57 Å². The van der Waals surface area contributed by atoms with Gasteiger partial charge in [0.1, 0.15) is 0 Å². The Morgan fingerprint density at radius 2 is 2.06 bits per heavy atom. The van der Waals surface area contributed by atoms with Gasteiger partial charge in [0.2, 0.25) is 0 Å². The minimum Gasteiger partial charge on any atom is -0.347 e. The number of nitrogens with zero attached hydrogens (tertiary/aromatic N) is 1. The van der Waals surface area contributed by atoms with E-state index in [2.05, 4.69) is 11.5 Å². The lowest BCUT2D eigenvalue weighted by Gasteiger charge is -2.11. The predicted molar refractivity (Wildman–Crippen MR) is 68.1 cm³/mol. The molecule has 0 saturated carbocycles. The standard InChI is InChI=1S/C13H14ClNO/c1-2-7-15-9-10(8-14)13(16)11-5-3-4-6-12(11)15/h3-6,9H,2,7-8H2,1H3. The smallest absolute Gasteiger partial charge is 0.193 e. The summed E-state index contributed by atoms with van der Waals surface area (Å²) in [7, 11) is 0. The lowest BCUT2D eigenvalue weighted by molar-refractivity contribution is 0.694. The molecule has 0 N–H and O–H groups in total. The van der Waals surface area contributed by atoms with Gasteiger partial charge in [-0.25, -0.2) is 0 Å². The van der Waals surface area contributed by atoms with Crippen LogP contribution in [0.2, 0.25) is 0 Å². The van der Waals surface area contributed by atoms with E-state index in [1.807, 2.05) is 30.5 Å². The molecule has 2 aromatic rings. The molecule has 0 radical (unpaired) electrons. The number of aromatic nitrogens is 1. The first-order valence-electron chi connectivity index (χ1n) is 5.45. The zero-order chi connectivity index (χ0) is 11.5. The fourth-order valence-electron chi connectivity index (χ4n) is 1.93. The third kappa shape index (κ3) is 1.85. The molecule has 0 amide bonds. The van der Waals surface area contributed by atoms with E-state index in [0.717, 1.165) is 23.9 Å². The van der Waals surface area contributed by atoms with E-state index >= 15 is 0 Å². The fraction of sp³-hybridized carbons (Fsp3) is 0.308. The third-order valence-electron chi connectivity index (χ3n) is 2.67. The quantitative estimate of drug-likeness (QED) is 0.750. The van der Waals surface area contributed by atoms with Crippen molar-refractivity contribution in [3.63, 3.8) is 0 Å². The molecular weight excluding hydrogens is 222 g/mol. The van der Waals surface area contributed by atoms with E-state index in [9.17, 15) is 4.79 Å². The van der Waals surface area contributed by atoms with Gasteiger partial charge < -0.3 is 4.57 Å². The van der Waals surface area contributed by atoms with E-state index in [1.165, 1.54) is 0 Å². The zero-order valence-corrected chi connectivity index (χ0v) is 10.00. The number of hydrogen-bond acceptors (Lipinski definition) is 1. The minimum absolute atomic E-state index is 0.0537. The number of hydrogen-bond donors (Lipinski definition) is 0. The first kappa shape index (κ1) is 11.2. The summed E-state index contributed by atoms with van der Waals surface area (Å²) >= 11 is 5.79. The molecule has 3 heteroatoms. The molecule has 2 nitrogen and oxygen atoms in total. The highest BCUT2D eigenvalue weighted by molar-refractivity contribution is 6.17. The SMILES string of the molecule is CCCn1cc(CCl)c(=O)c2ccccc21. The van der Waals surface area contributed by atoms with E-state index < -0.39 is 0 Å². The van der Waals surface area contributed by atoms with Crippen molar-refractivity contribution in [1.29, 1.82) is 0 Å². The van der Waals surface area contributed by atoms with Crippen LogP contribution in [0.4, 0.5) is 0 Å². The summed E-state index contributed by atoms with van der Waals surface area (Å²) in [5, 5.41) is 0.758. The molecule has 0 fully saturated rings. The molecular formula is C13H14ClNO. The van der Waals surface area contributed by atoms with Crippen LogP contribution >= 0.6 is 11.6 Å². The first-order chi connectivity index (χ1) is 7.77. The summed E-state index contributed by atoms with van der Waals surface area (Å²) in [5.74, 6) is 0.271. The van der Waals surface area contributed by atoms with Gasteiger partial charge in [-0.05, 0) is 18.6 Å². The monoisotopic (exact) mass is 235 g/mol. The van der Waals surface area contributed by atoms with Crippen LogP contribution in [0.1, 0.15) is 18.9 Å². The molecule has 0 aliphatic rings. The van der Waals surface area contributed by atoms with Crippen molar-refractivity contribution in [2.45, 2.75) is 25.8 Å². The van der Waals surface area contributed by atoms with E-state index in [0.29, 0.717) is 5.56 Å². The number of fused-ring (bicyclic) bond motifs is 1. The Labute approximate surface area is 99.5 Å². The van der Waals surface area contributed by atoms with Crippen molar-refractivity contribution in [2.24, 2.45) is 0 Å². The Bertz CT molecular complexity index is 559. The van der Waals surface area contributed by atoms with E-state index in [-0.39, 0.29) is 11.3 Å². The maximum Gasteiger partial charge on any atom is 0.193 e. The average molecular weight is 236 g/mol. The highest BCUT2D eigenvalue weighted by Gasteiger charge is 2.06. The molecule has 2 rings (SSSR count). The number of rotatable bonds is 3. The summed E-state index contributed by atoms with van der Waals surface area (Å²) in [6, 6.07) is 7.68. The highest BCUT2D eigenvalue weighted by atomic mass is 35.5. The maximum absolute atomic E-state index is 12.0. The van der Waals surface area contributed by atoms with Crippen LogP contribution in [-0.2, 0) is 12.4 Å². The summed E-state index contributed by atoms with van der Waals surface area (Å²) < 4.78 is 2.11. The van der Waals surface area contributed by atoms with Crippen LogP contribution in [-0.4, -0.2) is 4.57 Å². The second-order valence-corrected chi connectivity index (χ2v) is 4.09. The highest BCUT2D eigenvalue weighted by Crippen LogP contribution is 2.13.